The number of nitrogens with one attached hydrogen (secondary N) is 1. The number of benzene rings is 3. The van der Waals surface area contributed by atoms with E-state index in [-0.39, 0.29) is 0 Å². The van der Waals surface area contributed by atoms with Gasteiger partial charge in [-0.25, -0.2) is 9.88 Å². The predicted molar refractivity (Wildman–Crippen MR) is 110 cm³/mol. The first-order valence-corrected chi connectivity index (χ1v) is 11.2. The average molecular weight is 448 g/mol. The number of rotatable bonds is 6. The van der Waals surface area contributed by atoms with Crippen LogP contribution in [-0.4, -0.2) is 18.7 Å². The van der Waals surface area contributed by atoms with Crippen LogP contribution in [-0.2, 0) is 9.36 Å². The van der Waals surface area contributed by atoms with Crippen LogP contribution in [0.15, 0.2) is 71.2 Å². The standard InChI is InChI=1S/C20H19BrNO4P/c1-14(22-27(2,24)26-18-11-8-17(21)9-12-18)20(23)25-19-10-7-15-5-3-4-6-16(15)13-19/h3-14H,1-2H3,(H,22,24)/t14-,27?/m0/s1. The molecule has 0 saturated carbocycles. The van der Waals surface area contributed by atoms with E-state index in [1.54, 1.807) is 43.3 Å². The highest BCUT2D eigenvalue weighted by atomic mass is 79.9. The quantitative estimate of drug-likeness (QED) is 0.311. The fourth-order valence-corrected chi connectivity index (χ4v) is 4.21. The first-order valence-electron chi connectivity index (χ1n) is 8.33. The molecule has 0 aliphatic rings. The molecule has 140 valence electrons. The van der Waals surface area contributed by atoms with Gasteiger partial charge in [-0.3, -0.25) is 4.57 Å². The van der Waals surface area contributed by atoms with Gasteiger partial charge in [0, 0.05) is 11.1 Å². The number of halogens is 1. The predicted octanol–water partition coefficient (Wildman–Crippen LogP) is 5.39. The van der Waals surface area contributed by atoms with E-state index in [9.17, 15) is 9.36 Å². The Labute approximate surface area is 166 Å². The molecule has 0 amide bonds. The van der Waals surface area contributed by atoms with Crippen molar-refractivity contribution in [3.63, 3.8) is 0 Å². The van der Waals surface area contributed by atoms with Crippen LogP contribution in [0.3, 0.4) is 0 Å². The zero-order valence-corrected chi connectivity index (χ0v) is 17.4. The van der Waals surface area contributed by atoms with Gasteiger partial charge in [-0.1, -0.05) is 46.3 Å². The van der Waals surface area contributed by atoms with E-state index in [0.717, 1.165) is 15.2 Å². The molecule has 1 unspecified atom stereocenters. The third kappa shape index (κ3) is 5.42. The van der Waals surface area contributed by atoms with Crippen molar-refractivity contribution in [2.75, 3.05) is 6.66 Å². The van der Waals surface area contributed by atoms with Crippen molar-refractivity contribution in [3.05, 3.63) is 71.2 Å². The van der Waals surface area contributed by atoms with Crippen molar-refractivity contribution in [2.45, 2.75) is 13.0 Å². The fraction of sp³-hybridized carbons (Fsp3) is 0.150. The van der Waals surface area contributed by atoms with E-state index >= 15 is 0 Å². The van der Waals surface area contributed by atoms with Crippen LogP contribution in [0.2, 0.25) is 0 Å². The smallest absolute Gasteiger partial charge is 0.328 e. The third-order valence-corrected chi connectivity index (χ3v) is 5.76. The zero-order chi connectivity index (χ0) is 19.4. The van der Waals surface area contributed by atoms with Crippen LogP contribution >= 0.6 is 23.4 Å². The van der Waals surface area contributed by atoms with Crippen LogP contribution in [0.4, 0.5) is 0 Å². The van der Waals surface area contributed by atoms with E-state index < -0.39 is 19.5 Å². The number of hydrogen-bond acceptors (Lipinski definition) is 4. The normalized spacial score (nSPS) is 14.3. The highest BCUT2D eigenvalue weighted by Crippen LogP contribution is 2.39. The molecule has 0 aliphatic carbocycles. The maximum atomic E-state index is 12.7. The number of carbonyl (C=O) groups is 1. The summed E-state index contributed by atoms with van der Waals surface area (Å²) in [4.78, 5) is 12.4. The Balaban J connectivity index is 1.63. The molecular weight excluding hydrogens is 429 g/mol. The van der Waals surface area contributed by atoms with Crippen molar-refractivity contribution in [1.82, 2.24) is 5.09 Å². The maximum absolute atomic E-state index is 12.7. The molecule has 0 spiro atoms. The van der Waals surface area contributed by atoms with E-state index in [4.69, 9.17) is 9.26 Å². The van der Waals surface area contributed by atoms with Gasteiger partial charge in [0.25, 0.3) is 0 Å². The summed E-state index contributed by atoms with van der Waals surface area (Å²) in [5.74, 6) is 0.352. The molecule has 0 radical (unpaired) electrons. The van der Waals surface area contributed by atoms with Crippen molar-refractivity contribution >= 4 is 40.2 Å². The molecule has 3 aromatic carbocycles. The summed E-state index contributed by atoms with van der Waals surface area (Å²) >= 11 is 3.33. The first-order chi connectivity index (χ1) is 12.8. The van der Waals surface area contributed by atoms with Crippen molar-refractivity contribution < 1.29 is 18.6 Å². The lowest BCUT2D eigenvalue weighted by atomic mass is 10.1. The lowest BCUT2D eigenvalue weighted by molar-refractivity contribution is -0.135. The molecule has 0 saturated heterocycles. The fourth-order valence-electron chi connectivity index (χ4n) is 2.56. The number of carbonyl (C=O) groups excluding carboxylic acids is 1. The Morgan fingerprint density at radius 3 is 2.33 bits per heavy atom. The minimum absolute atomic E-state index is 0.437. The summed E-state index contributed by atoms with van der Waals surface area (Å²) < 4.78 is 24.5. The molecule has 0 aromatic heterocycles. The SMILES string of the molecule is C[C@H](NP(C)(=O)Oc1ccc(Br)cc1)C(=O)Oc1ccc2ccccc2c1. The Morgan fingerprint density at radius 2 is 1.63 bits per heavy atom. The number of esters is 1. The average Bonchev–Trinajstić information content (AvgIpc) is 2.63. The number of fused-ring (bicyclic) bond motifs is 1. The second kappa shape index (κ2) is 8.26. The van der Waals surface area contributed by atoms with Crippen LogP contribution in [0, 0.1) is 0 Å². The van der Waals surface area contributed by atoms with Gasteiger partial charge in [0.1, 0.15) is 17.5 Å². The number of hydrogen-bond donors (Lipinski definition) is 1. The van der Waals surface area contributed by atoms with Gasteiger partial charge in [0.15, 0.2) is 0 Å². The molecule has 0 heterocycles. The van der Waals surface area contributed by atoms with E-state index in [1.807, 2.05) is 30.3 Å². The van der Waals surface area contributed by atoms with E-state index in [0.29, 0.717) is 11.5 Å². The molecule has 2 atom stereocenters. The monoisotopic (exact) mass is 447 g/mol. The topological polar surface area (TPSA) is 64.6 Å². The van der Waals surface area contributed by atoms with Gasteiger partial charge in [0.2, 0.25) is 0 Å². The Morgan fingerprint density at radius 1 is 1.00 bits per heavy atom. The van der Waals surface area contributed by atoms with Crippen molar-refractivity contribution in [2.24, 2.45) is 0 Å². The molecule has 0 bridgehead atoms. The summed E-state index contributed by atoms with van der Waals surface area (Å²) in [6, 6.07) is 19.4. The molecule has 0 fully saturated rings. The molecule has 7 heteroatoms. The van der Waals surface area contributed by atoms with Gasteiger partial charge in [-0.05, 0) is 54.1 Å². The molecule has 1 N–H and O–H groups in total. The minimum atomic E-state index is -3.25. The van der Waals surface area contributed by atoms with Gasteiger partial charge >= 0.3 is 13.5 Å². The second-order valence-electron chi connectivity index (χ2n) is 6.17. The van der Waals surface area contributed by atoms with Crippen LogP contribution < -0.4 is 14.3 Å². The maximum Gasteiger partial charge on any atom is 0.328 e. The van der Waals surface area contributed by atoms with Gasteiger partial charge in [-0.2, -0.15) is 0 Å². The van der Waals surface area contributed by atoms with E-state index in [1.165, 1.54) is 6.66 Å². The molecule has 0 aliphatic heterocycles. The van der Waals surface area contributed by atoms with Crippen LogP contribution in [0.5, 0.6) is 11.5 Å². The highest BCUT2D eigenvalue weighted by Gasteiger charge is 2.25. The summed E-state index contributed by atoms with van der Waals surface area (Å²) in [7, 11) is -3.25. The summed E-state index contributed by atoms with van der Waals surface area (Å²) in [6.07, 6.45) is 0. The molecule has 27 heavy (non-hydrogen) atoms. The van der Waals surface area contributed by atoms with E-state index in [2.05, 4.69) is 21.0 Å². The van der Waals surface area contributed by atoms with Gasteiger partial charge in [-0.15, -0.1) is 0 Å². The second-order valence-corrected chi connectivity index (χ2v) is 9.22. The minimum Gasteiger partial charge on any atom is -0.433 e. The number of ether oxygens (including phenoxy) is 1. The largest absolute Gasteiger partial charge is 0.433 e. The molecular formula is C20H19BrNO4P. The molecule has 5 nitrogen and oxygen atoms in total. The first kappa shape index (κ1) is 19.6. The Bertz CT molecular complexity index is 1010. The van der Waals surface area contributed by atoms with Crippen LogP contribution in [0.1, 0.15) is 6.92 Å². The van der Waals surface area contributed by atoms with Gasteiger partial charge < -0.3 is 9.26 Å². The molecule has 3 rings (SSSR count). The third-order valence-electron chi connectivity index (χ3n) is 3.81. The van der Waals surface area contributed by atoms with Gasteiger partial charge in [0.05, 0.1) is 0 Å². The lowest BCUT2D eigenvalue weighted by Gasteiger charge is -2.20. The summed E-state index contributed by atoms with van der Waals surface area (Å²) in [6.45, 7) is 3.01. The highest BCUT2D eigenvalue weighted by molar-refractivity contribution is 9.10. The van der Waals surface area contributed by atoms with Crippen molar-refractivity contribution in [1.29, 1.82) is 0 Å². The zero-order valence-electron chi connectivity index (χ0n) is 14.9. The molecule has 3 aromatic rings. The van der Waals surface area contributed by atoms with Crippen molar-refractivity contribution in [3.8, 4) is 11.5 Å². The Hall–Kier alpha value is -2.14. The Kier molecular flexibility index (Phi) is 6.00. The lowest BCUT2D eigenvalue weighted by Crippen LogP contribution is -2.35. The van der Waals surface area contributed by atoms with Crippen LogP contribution in [0.25, 0.3) is 10.8 Å². The summed E-state index contributed by atoms with van der Waals surface area (Å²) in [5.41, 5.74) is 0. The summed E-state index contributed by atoms with van der Waals surface area (Å²) in [5, 5.41) is 4.76.